The van der Waals surface area contributed by atoms with E-state index in [1.807, 2.05) is 0 Å². The van der Waals surface area contributed by atoms with Crippen LogP contribution in [0.3, 0.4) is 0 Å². The monoisotopic (exact) mass is 212 g/mol. The minimum absolute atomic E-state index is 0.186. The molecular weight excluding hydrogens is 192 g/mol. The highest BCUT2D eigenvalue weighted by molar-refractivity contribution is 5.83. The van der Waals surface area contributed by atoms with Crippen LogP contribution in [0.15, 0.2) is 0 Å². The van der Waals surface area contributed by atoms with Gasteiger partial charge in [-0.05, 0) is 31.8 Å². The lowest BCUT2D eigenvalue weighted by Gasteiger charge is -2.26. The smallest absolute Gasteiger partial charge is 0.163 e. The predicted molar refractivity (Wildman–Crippen MR) is 57.8 cm³/mol. The van der Waals surface area contributed by atoms with Crippen molar-refractivity contribution in [3.05, 3.63) is 0 Å². The largest absolute Gasteiger partial charge is 0.368 e. The molecule has 0 saturated carbocycles. The molecule has 0 radical (unpaired) electrons. The molecule has 2 aliphatic rings. The van der Waals surface area contributed by atoms with Gasteiger partial charge in [-0.25, -0.2) is 0 Å². The van der Waals surface area contributed by atoms with E-state index >= 15 is 0 Å². The van der Waals surface area contributed by atoms with Crippen molar-refractivity contribution in [2.45, 2.75) is 25.4 Å². The van der Waals surface area contributed by atoms with Crippen molar-refractivity contribution in [1.82, 2.24) is 10.6 Å². The minimum atomic E-state index is -0.186. The maximum absolute atomic E-state index is 11.9. The molecule has 2 aliphatic heterocycles. The highest BCUT2D eigenvalue weighted by atomic mass is 16.5. The Morgan fingerprint density at radius 2 is 2.00 bits per heavy atom. The first kappa shape index (κ1) is 11.0. The van der Waals surface area contributed by atoms with Crippen LogP contribution in [0.4, 0.5) is 0 Å². The van der Waals surface area contributed by atoms with Crippen LogP contribution in [0.5, 0.6) is 0 Å². The summed E-state index contributed by atoms with van der Waals surface area (Å²) in [6, 6.07) is 0. The van der Waals surface area contributed by atoms with Crippen LogP contribution in [0.25, 0.3) is 0 Å². The summed E-state index contributed by atoms with van der Waals surface area (Å²) in [5.74, 6) is 0.860. The standard InChI is InChI=1S/C11H20N2O2/c14-10(11-8-13-5-6-15-11)7-9-1-3-12-4-2-9/h9,11-13H,1-8H2. The molecule has 0 spiro atoms. The lowest BCUT2D eigenvalue weighted by Crippen LogP contribution is -2.44. The molecule has 1 atom stereocenters. The summed E-state index contributed by atoms with van der Waals surface area (Å²) in [5, 5.41) is 6.51. The topological polar surface area (TPSA) is 50.4 Å². The molecule has 2 heterocycles. The molecule has 2 rings (SSSR count). The average molecular weight is 212 g/mol. The molecule has 0 aromatic heterocycles. The summed E-state index contributed by atoms with van der Waals surface area (Å²) in [6.07, 6.45) is 2.78. The predicted octanol–water partition coefficient (Wildman–Crippen LogP) is -0.0664. The van der Waals surface area contributed by atoms with Crippen molar-refractivity contribution in [3.63, 3.8) is 0 Å². The number of nitrogens with one attached hydrogen (secondary N) is 2. The Morgan fingerprint density at radius 3 is 2.67 bits per heavy atom. The van der Waals surface area contributed by atoms with E-state index in [4.69, 9.17) is 4.74 Å². The third-order valence-electron chi connectivity index (χ3n) is 3.24. The zero-order valence-corrected chi connectivity index (χ0v) is 9.13. The van der Waals surface area contributed by atoms with Gasteiger partial charge in [-0.15, -0.1) is 0 Å². The van der Waals surface area contributed by atoms with Gasteiger partial charge in [0.05, 0.1) is 6.61 Å². The third-order valence-corrected chi connectivity index (χ3v) is 3.24. The number of rotatable bonds is 3. The molecule has 0 aromatic rings. The van der Waals surface area contributed by atoms with Gasteiger partial charge in [-0.3, -0.25) is 4.79 Å². The summed E-state index contributed by atoms with van der Waals surface area (Å²) in [5.41, 5.74) is 0. The second kappa shape index (κ2) is 5.58. The number of ketones is 1. The lowest BCUT2D eigenvalue weighted by molar-refractivity contribution is -0.133. The van der Waals surface area contributed by atoms with Crippen LogP contribution in [-0.4, -0.2) is 44.7 Å². The Kier molecular flexibility index (Phi) is 4.11. The maximum Gasteiger partial charge on any atom is 0.163 e. The van der Waals surface area contributed by atoms with Crippen molar-refractivity contribution in [3.8, 4) is 0 Å². The molecule has 1 unspecified atom stereocenters. The first-order valence-electron chi connectivity index (χ1n) is 5.92. The van der Waals surface area contributed by atoms with E-state index in [0.717, 1.165) is 32.5 Å². The molecule has 86 valence electrons. The van der Waals surface area contributed by atoms with Gasteiger partial charge in [0.2, 0.25) is 0 Å². The first-order chi connectivity index (χ1) is 7.36. The molecule has 0 bridgehead atoms. The fourth-order valence-electron chi connectivity index (χ4n) is 2.27. The fraction of sp³-hybridized carbons (Fsp3) is 0.909. The molecule has 0 aliphatic carbocycles. The molecule has 4 heteroatoms. The van der Waals surface area contributed by atoms with Gasteiger partial charge >= 0.3 is 0 Å². The maximum atomic E-state index is 11.9. The van der Waals surface area contributed by atoms with Crippen LogP contribution < -0.4 is 10.6 Å². The van der Waals surface area contributed by atoms with E-state index < -0.39 is 0 Å². The average Bonchev–Trinajstić information content (AvgIpc) is 2.31. The highest BCUT2D eigenvalue weighted by Crippen LogP contribution is 2.17. The summed E-state index contributed by atoms with van der Waals surface area (Å²) in [7, 11) is 0. The van der Waals surface area contributed by atoms with Crippen LogP contribution in [-0.2, 0) is 9.53 Å². The fourth-order valence-corrected chi connectivity index (χ4v) is 2.27. The van der Waals surface area contributed by atoms with Gasteiger partial charge in [0, 0.05) is 19.5 Å². The van der Waals surface area contributed by atoms with Crippen LogP contribution >= 0.6 is 0 Å². The highest BCUT2D eigenvalue weighted by Gasteiger charge is 2.25. The Bertz CT molecular complexity index is 209. The van der Waals surface area contributed by atoms with Crippen LogP contribution in [0.1, 0.15) is 19.3 Å². The molecule has 2 saturated heterocycles. The Hall–Kier alpha value is -0.450. The third kappa shape index (κ3) is 3.26. The van der Waals surface area contributed by atoms with E-state index in [2.05, 4.69) is 10.6 Å². The van der Waals surface area contributed by atoms with Gasteiger partial charge in [-0.2, -0.15) is 0 Å². The Labute approximate surface area is 90.8 Å². The lowest BCUT2D eigenvalue weighted by atomic mass is 9.91. The number of hydrogen-bond acceptors (Lipinski definition) is 4. The van der Waals surface area contributed by atoms with E-state index in [1.54, 1.807) is 0 Å². The minimum Gasteiger partial charge on any atom is -0.368 e. The second-order valence-electron chi connectivity index (χ2n) is 4.43. The molecule has 15 heavy (non-hydrogen) atoms. The molecule has 4 nitrogen and oxygen atoms in total. The van der Waals surface area contributed by atoms with Crippen LogP contribution in [0, 0.1) is 5.92 Å². The molecule has 0 amide bonds. The Morgan fingerprint density at radius 1 is 1.20 bits per heavy atom. The summed E-state index contributed by atoms with van der Waals surface area (Å²) in [4.78, 5) is 11.9. The van der Waals surface area contributed by atoms with Crippen molar-refractivity contribution < 1.29 is 9.53 Å². The second-order valence-corrected chi connectivity index (χ2v) is 4.43. The van der Waals surface area contributed by atoms with E-state index in [1.165, 1.54) is 0 Å². The van der Waals surface area contributed by atoms with E-state index in [9.17, 15) is 4.79 Å². The zero-order chi connectivity index (χ0) is 10.5. The SMILES string of the molecule is O=C(CC1CCNCC1)C1CNCCO1. The van der Waals surface area contributed by atoms with Gasteiger partial charge < -0.3 is 15.4 Å². The number of piperidine rings is 1. The quantitative estimate of drug-likeness (QED) is 0.688. The normalized spacial score (nSPS) is 28.9. The number of Topliss-reactive ketones (excluding diaryl/α,β-unsaturated/α-hetero) is 1. The molecule has 2 fully saturated rings. The Balaban J connectivity index is 1.74. The van der Waals surface area contributed by atoms with E-state index in [0.29, 0.717) is 25.5 Å². The van der Waals surface area contributed by atoms with Crippen molar-refractivity contribution >= 4 is 5.78 Å². The van der Waals surface area contributed by atoms with Gasteiger partial charge in [0.15, 0.2) is 5.78 Å². The number of carbonyl (C=O) groups excluding carboxylic acids is 1. The van der Waals surface area contributed by atoms with Gasteiger partial charge in [0.25, 0.3) is 0 Å². The number of morpholine rings is 1. The van der Waals surface area contributed by atoms with Crippen molar-refractivity contribution in [2.75, 3.05) is 32.8 Å². The number of carbonyl (C=O) groups is 1. The van der Waals surface area contributed by atoms with Crippen molar-refractivity contribution in [2.24, 2.45) is 5.92 Å². The first-order valence-corrected chi connectivity index (χ1v) is 5.92. The van der Waals surface area contributed by atoms with E-state index in [-0.39, 0.29) is 11.9 Å². The summed E-state index contributed by atoms with van der Waals surface area (Å²) >= 11 is 0. The van der Waals surface area contributed by atoms with Gasteiger partial charge in [0.1, 0.15) is 6.10 Å². The summed E-state index contributed by atoms with van der Waals surface area (Å²) in [6.45, 7) is 4.35. The molecule has 2 N–H and O–H groups in total. The number of hydrogen-bond donors (Lipinski definition) is 2. The zero-order valence-electron chi connectivity index (χ0n) is 9.13. The van der Waals surface area contributed by atoms with Crippen LogP contribution in [0.2, 0.25) is 0 Å². The van der Waals surface area contributed by atoms with Crippen molar-refractivity contribution in [1.29, 1.82) is 0 Å². The molecule has 0 aromatic carbocycles. The summed E-state index contributed by atoms with van der Waals surface area (Å²) < 4.78 is 5.45. The number of ether oxygens (including phenoxy) is 1. The molecular formula is C11H20N2O2. The van der Waals surface area contributed by atoms with Gasteiger partial charge in [-0.1, -0.05) is 0 Å².